The second-order valence-corrected chi connectivity index (χ2v) is 7.07. The Kier molecular flexibility index (Phi) is 3.95. The highest BCUT2D eigenvalue weighted by Gasteiger charge is 2.49. The van der Waals surface area contributed by atoms with Gasteiger partial charge in [0.15, 0.2) is 9.84 Å². The van der Waals surface area contributed by atoms with Gasteiger partial charge in [-0.3, -0.25) is 4.79 Å². The minimum atomic E-state index is -4.99. The lowest BCUT2D eigenvalue weighted by molar-refractivity contribution is -0.175. The van der Waals surface area contributed by atoms with Gasteiger partial charge in [0.1, 0.15) is 0 Å². The summed E-state index contributed by atoms with van der Waals surface area (Å²) in [5.74, 6) is -3.45. The van der Waals surface area contributed by atoms with Crippen LogP contribution in [0.1, 0.15) is 26.7 Å². The molecule has 0 heterocycles. The first-order chi connectivity index (χ1) is 7.94. The first kappa shape index (κ1) is 15.2. The van der Waals surface area contributed by atoms with Crippen LogP contribution in [0.4, 0.5) is 13.2 Å². The summed E-state index contributed by atoms with van der Waals surface area (Å²) < 4.78 is 60.5. The lowest BCUT2D eigenvalue weighted by Gasteiger charge is -2.31. The van der Waals surface area contributed by atoms with Gasteiger partial charge in [-0.1, -0.05) is 11.1 Å². The van der Waals surface area contributed by atoms with E-state index < -0.39 is 33.0 Å². The minimum Gasteiger partial charge on any atom is -0.289 e. The maximum absolute atomic E-state index is 12.5. The number of Topliss-reactive ketones (excluding diaryl/α,β-unsaturated/α-hetero) is 1. The smallest absolute Gasteiger partial charge is 0.289 e. The van der Waals surface area contributed by atoms with Crippen LogP contribution in [-0.2, 0) is 14.6 Å². The van der Waals surface area contributed by atoms with Crippen LogP contribution in [0.15, 0.2) is 11.1 Å². The molecular formula is C11H15F3O3S. The first-order valence-electron chi connectivity index (χ1n) is 5.39. The van der Waals surface area contributed by atoms with E-state index in [0.29, 0.717) is 5.57 Å². The van der Waals surface area contributed by atoms with Crippen molar-refractivity contribution in [1.82, 2.24) is 0 Å². The maximum atomic E-state index is 12.5. The summed E-state index contributed by atoms with van der Waals surface area (Å²) in [7, 11) is -3.69. The van der Waals surface area contributed by atoms with E-state index in [0.717, 1.165) is 11.8 Å². The number of carbonyl (C=O) groups is 1. The fraction of sp³-hybridized carbons (Fsp3) is 0.727. The van der Waals surface area contributed by atoms with Crippen molar-refractivity contribution in [3.63, 3.8) is 0 Å². The molecule has 0 bridgehead atoms. The van der Waals surface area contributed by atoms with Crippen molar-refractivity contribution in [2.75, 3.05) is 6.26 Å². The lowest BCUT2D eigenvalue weighted by atomic mass is 9.82. The van der Waals surface area contributed by atoms with Crippen molar-refractivity contribution in [3.05, 3.63) is 11.1 Å². The Labute approximate surface area is 104 Å². The average molecular weight is 284 g/mol. The minimum absolute atomic E-state index is 0.00282. The molecule has 1 rings (SSSR count). The van der Waals surface area contributed by atoms with Crippen LogP contribution in [-0.4, -0.2) is 31.9 Å². The summed E-state index contributed by atoms with van der Waals surface area (Å²) in [6.07, 6.45) is -4.25. The Hall–Kier alpha value is -0.850. The van der Waals surface area contributed by atoms with E-state index in [1.54, 1.807) is 13.8 Å². The molecule has 0 radical (unpaired) electrons. The van der Waals surface area contributed by atoms with E-state index >= 15 is 0 Å². The highest BCUT2D eigenvalue weighted by atomic mass is 32.2. The van der Waals surface area contributed by atoms with E-state index in [2.05, 4.69) is 0 Å². The Bertz CT molecular complexity index is 488. The van der Waals surface area contributed by atoms with Crippen molar-refractivity contribution in [3.8, 4) is 0 Å². The van der Waals surface area contributed by atoms with Gasteiger partial charge in [0.2, 0.25) is 5.78 Å². The van der Waals surface area contributed by atoms with Gasteiger partial charge in [-0.05, 0) is 26.7 Å². The van der Waals surface area contributed by atoms with Gasteiger partial charge in [-0.15, -0.1) is 0 Å². The summed E-state index contributed by atoms with van der Waals surface area (Å²) in [6, 6.07) is 0. The van der Waals surface area contributed by atoms with E-state index in [1.807, 2.05) is 0 Å². The molecule has 0 unspecified atom stereocenters. The first-order valence-corrected chi connectivity index (χ1v) is 7.35. The van der Waals surface area contributed by atoms with Crippen LogP contribution in [0.5, 0.6) is 0 Å². The number of sulfone groups is 1. The molecule has 1 aliphatic rings. The summed E-state index contributed by atoms with van der Waals surface area (Å²) >= 11 is 0. The number of hydrogen-bond donors (Lipinski definition) is 0. The van der Waals surface area contributed by atoms with Crippen LogP contribution in [0.3, 0.4) is 0 Å². The van der Waals surface area contributed by atoms with Crippen LogP contribution in [0, 0.1) is 5.92 Å². The highest BCUT2D eigenvalue weighted by molar-refractivity contribution is 7.91. The summed E-state index contributed by atoms with van der Waals surface area (Å²) in [6.45, 7) is 3.31. The van der Waals surface area contributed by atoms with E-state index in [-0.39, 0.29) is 12.8 Å². The van der Waals surface area contributed by atoms with Crippen LogP contribution in [0.25, 0.3) is 0 Å². The molecule has 3 nitrogen and oxygen atoms in total. The molecule has 0 aromatic rings. The second kappa shape index (κ2) is 4.68. The molecule has 0 saturated heterocycles. The summed E-state index contributed by atoms with van der Waals surface area (Å²) in [5.41, 5.74) is 1.41. The molecule has 2 atom stereocenters. The van der Waals surface area contributed by atoms with Crippen LogP contribution in [0.2, 0.25) is 0 Å². The number of hydrogen-bond acceptors (Lipinski definition) is 3. The number of halogens is 3. The third kappa shape index (κ3) is 3.13. The topological polar surface area (TPSA) is 51.2 Å². The molecule has 0 fully saturated rings. The van der Waals surface area contributed by atoms with Gasteiger partial charge in [-0.25, -0.2) is 8.42 Å². The SMILES string of the molecule is CC1=C(C)C[C@@H](C(=O)C(F)(F)F)[C@H](S(C)(=O)=O)C1. The fourth-order valence-electron chi connectivity index (χ4n) is 2.18. The third-order valence-electron chi connectivity index (χ3n) is 3.38. The van der Waals surface area contributed by atoms with Crippen molar-refractivity contribution in [2.24, 2.45) is 5.92 Å². The Balaban J connectivity index is 3.19. The molecule has 0 spiro atoms. The average Bonchev–Trinajstić information content (AvgIpc) is 2.17. The molecular weight excluding hydrogens is 269 g/mol. The standard InChI is InChI=1S/C11H15F3O3S/c1-6-4-8(10(15)11(12,13)14)9(5-7(6)2)18(3,16)17/h8-9H,4-5H2,1-3H3/t8-,9-/m1/s1. The van der Waals surface area contributed by atoms with Gasteiger partial charge < -0.3 is 0 Å². The Morgan fingerprint density at radius 1 is 1.17 bits per heavy atom. The van der Waals surface area contributed by atoms with Crippen molar-refractivity contribution < 1.29 is 26.4 Å². The van der Waals surface area contributed by atoms with Gasteiger partial charge >= 0.3 is 6.18 Å². The lowest BCUT2D eigenvalue weighted by Crippen LogP contribution is -2.43. The van der Waals surface area contributed by atoms with Crippen molar-refractivity contribution >= 4 is 15.6 Å². The summed E-state index contributed by atoms with van der Waals surface area (Å²) in [4.78, 5) is 11.3. The molecule has 18 heavy (non-hydrogen) atoms. The van der Waals surface area contributed by atoms with Gasteiger partial charge in [-0.2, -0.15) is 13.2 Å². The molecule has 0 N–H and O–H groups in total. The number of alkyl halides is 3. The Morgan fingerprint density at radius 3 is 2.00 bits per heavy atom. The number of rotatable bonds is 2. The van der Waals surface area contributed by atoms with Crippen molar-refractivity contribution in [2.45, 2.75) is 38.1 Å². The van der Waals surface area contributed by atoms with Crippen LogP contribution < -0.4 is 0 Å². The molecule has 0 aromatic heterocycles. The second-order valence-electron chi connectivity index (χ2n) is 4.81. The van der Waals surface area contributed by atoms with Crippen molar-refractivity contribution in [1.29, 1.82) is 0 Å². The molecule has 1 aliphatic carbocycles. The monoisotopic (exact) mass is 284 g/mol. The predicted molar refractivity (Wildman–Crippen MR) is 60.8 cm³/mol. The fourth-order valence-corrected chi connectivity index (χ4v) is 3.54. The largest absolute Gasteiger partial charge is 0.450 e. The van der Waals surface area contributed by atoms with E-state index in [4.69, 9.17) is 0 Å². The predicted octanol–water partition coefficient (Wildman–Crippen LogP) is 2.28. The zero-order valence-corrected chi connectivity index (χ0v) is 11.2. The number of ketones is 1. The summed E-state index contributed by atoms with van der Waals surface area (Å²) in [5, 5.41) is -1.27. The number of carbonyl (C=O) groups excluding carboxylic acids is 1. The molecule has 104 valence electrons. The van der Waals surface area contributed by atoms with E-state index in [1.165, 1.54) is 0 Å². The zero-order chi connectivity index (χ0) is 14.3. The maximum Gasteiger partial charge on any atom is 0.450 e. The molecule has 0 amide bonds. The van der Waals surface area contributed by atoms with Crippen LogP contribution >= 0.6 is 0 Å². The molecule has 0 aromatic carbocycles. The molecule has 0 aliphatic heterocycles. The molecule has 7 heteroatoms. The number of allylic oxidation sites excluding steroid dienone is 2. The highest BCUT2D eigenvalue weighted by Crippen LogP contribution is 2.37. The quantitative estimate of drug-likeness (QED) is 0.731. The normalized spacial score (nSPS) is 26.3. The van der Waals surface area contributed by atoms with Gasteiger partial charge in [0.05, 0.1) is 5.25 Å². The molecule has 0 saturated carbocycles. The zero-order valence-electron chi connectivity index (χ0n) is 10.3. The van der Waals surface area contributed by atoms with Gasteiger partial charge in [0.25, 0.3) is 0 Å². The van der Waals surface area contributed by atoms with Gasteiger partial charge in [0, 0.05) is 12.2 Å². The van der Waals surface area contributed by atoms with E-state index in [9.17, 15) is 26.4 Å². The Morgan fingerprint density at radius 2 is 1.61 bits per heavy atom. The third-order valence-corrected chi connectivity index (χ3v) is 4.97.